The number of para-hydroxylation sites is 2. The molecule has 0 saturated carbocycles. The maximum atomic E-state index is 6.19. The van der Waals surface area contributed by atoms with E-state index in [1.807, 2.05) is 6.26 Å². The van der Waals surface area contributed by atoms with Crippen molar-refractivity contribution < 1.29 is 4.42 Å². The molecule has 210 valence electrons. The van der Waals surface area contributed by atoms with Crippen molar-refractivity contribution in [3.05, 3.63) is 169 Å². The Bertz CT molecular complexity index is 2180. The molecule has 0 unspecified atom stereocenters. The van der Waals surface area contributed by atoms with Gasteiger partial charge in [-0.3, -0.25) is 4.57 Å². The number of aryl methyl sites for hydroxylation is 1. The van der Waals surface area contributed by atoms with Gasteiger partial charge in [0.25, 0.3) is 0 Å². The van der Waals surface area contributed by atoms with Crippen LogP contribution in [-0.2, 0) is 6.42 Å². The average molecular weight is 567 g/mol. The fourth-order valence-electron chi connectivity index (χ4n) is 6.32. The van der Waals surface area contributed by atoms with Gasteiger partial charge >= 0.3 is 0 Å². The largest absolute Gasteiger partial charge is 0.464 e. The zero-order valence-corrected chi connectivity index (χ0v) is 24.4. The second-order valence-electron chi connectivity index (χ2n) is 11.3. The van der Waals surface area contributed by atoms with Crippen molar-refractivity contribution in [1.29, 1.82) is 0 Å². The Hall–Kier alpha value is -5.67. The van der Waals surface area contributed by atoms with E-state index >= 15 is 0 Å². The highest BCUT2D eigenvalue weighted by Gasteiger charge is 2.24. The quantitative estimate of drug-likeness (QED) is 0.200. The second kappa shape index (κ2) is 10.9. The summed E-state index contributed by atoms with van der Waals surface area (Å²) in [5.74, 6) is 0.861. The fraction of sp³-hybridized carbons (Fsp3) is 0.0488. The molecule has 0 fully saturated rings. The van der Waals surface area contributed by atoms with Gasteiger partial charge in [0.05, 0.1) is 22.3 Å². The van der Waals surface area contributed by atoms with E-state index in [1.165, 1.54) is 16.7 Å². The third-order valence-corrected chi connectivity index (χ3v) is 8.34. The van der Waals surface area contributed by atoms with Gasteiger partial charge in [0.1, 0.15) is 17.7 Å². The number of furan rings is 1. The van der Waals surface area contributed by atoms with Gasteiger partial charge in [0.15, 0.2) is 0 Å². The van der Waals surface area contributed by atoms with E-state index in [1.54, 1.807) is 0 Å². The molecule has 8 rings (SSSR count). The molecule has 0 atom stereocenters. The van der Waals surface area contributed by atoms with Gasteiger partial charge in [-0.05, 0) is 77.6 Å². The zero-order chi connectivity index (χ0) is 29.5. The molecule has 0 saturated heterocycles. The SMILES string of the molecule is Cc1cc(-c2ccccc2)c(-n2c(-c3coc4ccc(Cc5ccccc5)cc34)nc3ccccc32)c(-c2ccccc2)c1. The highest BCUT2D eigenvalue weighted by molar-refractivity contribution is 5.98. The molecule has 0 aliphatic rings. The third kappa shape index (κ3) is 4.60. The Morgan fingerprint density at radius 3 is 1.89 bits per heavy atom. The number of nitrogens with zero attached hydrogens (tertiary/aromatic N) is 2. The summed E-state index contributed by atoms with van der Waals surface area (Å²) in [5.41, 5.74) is 13.3. The van der Waals surface area contributed by atoms with Crippen LogP contribution in [-0.4, -0.2) is 9.55 Å². The maximum absolute atomic E-state index is 6.19. The normalized spacial score (nSPS) is 11.4. The monoisotopic (exact) mass is 566 g/mol. The summed E-state index contributed by atoms with van der Waals surface area (Å²) >= 11 is 0. The number of imidazole rings is 1. The summed E-state index contributed by atoms with van der Waals surface area (Å²) in [7, 11) is 0. The van der Waals surface area contributed by atoms with Crippen LogP contribution in [0.1, 0.15) is 16.7 Å². The van der Waals surface area contributed by atoms with Crippen LogP contribution in [0, 0.1) is 6.92 Å². The highest BCUT2D eigenvalue weighted by Crippen LogP contribution is 2.42. The molecule has 2 heterocycles. The van der Waals surface area contributed by atoms with Crippen molar-refractivity contribution in [1.82, 2.24) is 9.55 Å². The molecular formula is C41H30N2O. The van der Waals surface area contributed by atoms with E-state index in [4.69, 9.17) is 9.40 Å². The maximum Gasteiger partial charge on any atom is 0.149 e. The summed E-state index contributed by atoms with van der Waals surface area (Å²) < 4.78 is 8.53. The first-order chi connectivity index (χ1) is 21.7. The number of benzene rings is 6. The zero-order valence-electron chi connectivity index (χ0n) is 24.4. The Balaban J connectivity index is 1.43. The summed E-state index contributed by atoms with van der Waals surface area (Å²) in [6.45, 7) is 2.17. The van der Waals surface area contributed by atoms with E-state index in [0.29, 0.717) is 0 Å². The minimum atomic E-state index is 0.853. The fourth-order valence-corrected chi connectivity index (χ4v) is 6.32. The lowest BCUT2D eigenvalue weighted by molar-refractivity contribution is 0.616. The van der Waals surface area contributed by atoms with Crippen LogP contribution in [0.3, 0.4) is 0 Å². The summed E-state index contributed by atoms with van der Waals surface area (Å²) in [5, 5.41) is 1.06. The number of aromatic nitrogens is 2. The van der Waals surface area contributed by atoms with Crippen LogP contribution >= 0.6 is 0 Å². The predicted molar refractivity (Wildman–Crippen MR) is 181 cm³/mol. The van der Waals surface area contributed by atoms with Crippen molar-refractivity contribution in [3.63, 3.8) is 0 Å². The molecule has 0 aliphatic heterocycles. The molecule has 0 radical (unpaired) electrons. The smallest absolute Gasteiger partial charge is 0.149 e. The number of rotatable bonds is 6. The molecule has 0 aliphatic carbocycles. The van der Waals surface area contributed by atoms with Crippen LogP contribution in [0.2, 0.25) is 0 Å². The molecule has 2 aromatic heterocycles. The number of fused-ring (bicyclic) bond motifs is 2. The van der Waals surface area contributed by atoms with Crippen molar-refractivity contribution >= 4 is 22.0 Å². The van der Waals surface area contributed by atoms with E-state index in [9.17, 15) is 0 Å². The Labute approximate surface area is 256 Å². The van der Waals surface area contributed by atoms with E-state index in [0.717, 1.165) is 67.8 Å². The third-order valence-electron chi connectivity index (χ3n) is 8.34. The summed E-state index contributed by atoms with van der Waals surface area (Å²) in [4.78, 5) is 5.29. The van der Waals surface area contributed by atoms with Gasteiger partial charge < -0.3 is 4.42 Å². The van der Waals surface area contributed by atoms with Crippen LogP contribution in [0.5, 0.6) is 0 Å². The van der Waals surface area contributed by atoms with Crippen LogP contribution in [0.15, 0.2) is 156 Å². The number of hydrogen-bond acceptors (Lipinski definition) is 2. The molecule has 0 N–H and O–H groups in total. The Morgan fingerprint density at radius 2 is 1.20 bits per heavy atom. The van der Waals surface area contributed by atoms with E-state index in [2.05, 4.69) is 157 Å². The van der Waals surface area contributed by atoms with Crippen molar-refractivity contribution in [2.45, 2.75) is 13.3 Å². The standard InChI is InChI=1S/C41H30N2O/c1-28-23-33(31-15-7-3-8-16-31)40(34(24-28)32-17-9-4-10-18-32)43-38-20-12-11-19-37(38)42-41(43)36-27-44-39-22-21-30(26-35(36)39)25-29-13-5-2-6-14-29/h2-24,26-27H,25H2,1H3. The van der Waals surface area contributed by atoms with Crippen molar-refractivity contribution in [3.8, 4) is 39.3 Å². The summed E-state index contributed by atoms with van der Waals surface area (Å²) in [6, 6.07) is 51.4. The van der Waals surface area contributed by atoms with Gasteiger partial charge in [0.2, 0.25) is 0 Å². The van der Waals surface area contributed by atoms with Crippen LogP contribution < -0.4 is 0 Å². The Morgan fingerprint density at radius 1 is 0.591 bits per heavy atom. The van der Waals surface area contributed by atoms with E-state index < -0.39 is 0 Å². The van der Waals surface area contributed by atoms with Gasteiger partial charge in [-0.15, -0.1) is 0 Å². The highest BCUT2D eigenvalue weighted by atomic mass is 16.3. The van der Waals surface area contributed by atoms with Gasteiger partial charge in [0, 0.05) is 16.5 Å². The predicted octanol–water partition coefficient (Wildman–Crippen LogP) is 10.7. The molecular weight excluding hydrogens is 536 g/mol. The topological polar surface area (TPSA) is 31.0 Å². The van der Waals surface area contributed by atoms with Gasteiger partial charge in [-0.25, -0.2) is 4.98 Å². The summed E-state index contributed by atoms with van der Waals surface area (Å²) in [6.07, 6.45) is 2.72. The molecule has 3 heteroatoms. The van der Waals surface area contributed by atoms with Crippen LogP contribution in [0.25, 0.3) is 61.3 Å². The molecule has 0 spiro atoms. The second-order valence-corrected chi connectivity index (χ2v) is 11.3. The minimum Gasteiger partial charge on any atom is -0.464 e. The molecule has 6 aromatic carbocycles. The number of hydrogen-bond donors (Lipinski definition) is 0. The van der Waals surface area contributed by atoms with Crippen molar-refractivity contribution in [2.75, 3.05) is 0 Å². The van der Waals surface area contributed by atoms with Gasteiger partial charge in [-0.1, -0.05) is 109 Å². The first-order valence-electron chi connectivity index (χ1n) is 15.0. The molecule has 8 aromatic rings. The average Bonchev–Trinajstić information content (AvgIpc) is 3.67. The molecule has 0 amide bonds. The van der Waals surface area contributed by atoms with Crippen molar-refractivity contribution in [2.24, 2.45) is 0 Å². The minimum absolute atomic E-state index is 0.853. The molecule has 0 bridgehead atoms. The lowest BCUT2D eigenvalue weighted by Gasteiger charge is -2.20. The lowest BCUT2D eigenvalue weighted by Crippen LogP contribution is -2.03. The Kier molecular flexibility index (Phi) is 6.42. The van der Waals surface area contributed by atoms with Gasteiger partial charge in [-0.2, -0.15) is 0 Å². The molecule has 3 nitrogen and oxygen atoms in total. The lowest BCUT2D eigenvalue weighted by atomic mass is 9.93. The van der Waals surface area contributed by atoms with E-state index in [-0.39, 0.29) is 0 Å². The molecule has 44 heavy (non-hydrogen) atoms. The first-order valence-corrected chi connectivity index (χ1v) is 15.0. The van der Waals surface area contributed by atoms with Crippen LogP contribution in [0.4, 0.5) is 0 Å². The first kappa shape index (κ1) is 26.0.